The Hall–Kier alpha value is -0.700. The van der Waals surface area contributed by atoms with Crippen molar-refractivity contribution in [2.24, 2.45) is 0 Å². The average Bonchev–Trinajstić information content (AvgIpc) is 3.18. The quantitative estimate of drug-likeness (QED) is 0.849. The third kappa shape index (κ3) is 3.91. The van der Waals surface area contributed by atoms with Gasteiger partial charge >= 0.3 is 0 Å². The Bertz CT molecular complexity index is 441. The summed E-state index contributed by atoms with van der Waals surface area (Å²) in [5, 5.41) is 4.19. The molecule has 2 nitrogen and oxygen atoms in total. The van der Waals surface area contributed by atoms with E-state index in [9.17, 15) is 0 Å². The average molecular weight is 286 g/mol. The lowest BCUT2D eigenvalue weighted by Crippen LogP contribution is -2.16. The van der Waals surface area contributed by atoms with Gasteiger partial charge in [0, 0.05) is 28.7 Å². The second-order valence-electron chi connectivity index (χ2n) is 4.62. The van der Waals surface area contributed by atoms with Crippen LogP contribution in [-0.2, 0) is 6.54 Å². The number of rotatable bonds is 6. The van der Waals surface area contributed by atoms with Crippen molar-refractivity contribution in [3.63, 3.8) is 0 Å². The maximum absolute atomic E-state index is 6.22. The van der Waals surface area contributed by atoms with Crippen molar-refractivity contribution in [1.29, 1.82) is 0 Å². The SMILES string of the molecule is C/C(=C/Cl)COc1cccc(Cl)c1CNC1CC1. The zero-order chi connectivity index (χ0) is 13.0. The van der Waals surface area contributed by atoms with E-state index in [1.165, 1.54) is 18.4 Å². The molecule has 0 unspecified atom stereocenters. The van der Waals surface area contributed by atoms with E-state index in [1.807, 2.05) is 25.1 Å². The van der Waals surface area contributed by atoms with Crippen molar-refractivity contribution < 1.29 is 4.74 Å². The van der Waals surface area contributed by atoms with Gasteiger partial charge in [0.05, 0.1) is 0 Å². The zero-order valence-corrected chi connectivity index (χ0v) is 11.9. The largest absolute Gasteiger partial charge is 0.489 e. The molecule has 1 aromatic carbocycles. The van der Waals surface area contributed by atoms with E-state index >= 15 is 0 Å². The Kier molecular flexibility index (Phi) is 4.93. The van der Waals surface area contributed by atoms with Crippen molar-refractivity contribution in [2.75, 3.05) is 6.61 Å². The van der Waals surface area contributed by atoms with Crippen LogP contribution in [0.15, 0.2) is 29.3 Å². The van der Waals surface area contributed by atoms with Crippen molar-refractivity contribution in [3.8, 4) is 5.75 Å². The fourth-order valence-electron chi connectivity index (χ4n) is 1.60. The highest BCUT2D eigenvalue weighted by Gasteiger charge is 2.21. The minimum absolute atomic E-state index is 0.486. The molecule has 0 radical (unpaired) electrons. The molecule has 98 valence electrons. The molecule has 18 heavy (non-hydrogen) atoms. The summed E-state index contributed by atoms with van der Waals surface area (Å²) < 4.78 is 5.75. The lowest BCUT2D eigenvalue weighted by molar-refractivity contribution is 0.347. The number of ether oxygens (including phenoxy) is 1. The van der Waals surface area contributed by atoms with Gasteiger partial charge in [-0.05, 0) is 37.5 Å². The summed E-state index contributed by atoms with van der Waals surface area (Å²) in [5.41, 5.74) is 3.54. The first-order chi connectivity index (χ1) is 8.70. The van der Waals surface area contributed by atoms with E-state index in [2.05, 4.69) is 5.32 Å². The molecular weight excluding hydrogens is 269 g/mol. The summed E-state index contributed by atoms with van der Waals surface area (Å²) in [6.07, 6.45) is 2.52. The molecule has 1 aromatic rings. The van der Waals surface area contributed by atoms with Crippen LogP contribution in [0.2, 0.25) is 5.02 Å². The Labute approximate surface area is 118 Å². The molecule has 2 rings (SSSR count). The van der Waals surface area contributed by atoms with Gasteiger partial charge in [0.15, 0.2) is 0 Å². The van der Waals surface area contributed by atoms with Gasteiger partial charge in [-0.1, -0.05) is 29.3 Å². The van der Waals surface area contributed by atoms with Crippen LogP contribution in [0.25, 0.3) is 0 Å². The molecule has 1 fully saturated rings. The molecule has 0 spiro atoms. The lowest BCUT2D eigenvalue weighted by atomic mass is 10.2. The molecule has 0 saturated heterocycles. The molecular formula is C14H17Cl2NO. The molecule has 0 atom stereocenters. The predicted octanol–water partition coefficient (Wildman–Crippen LogP) is 4.11. The van der Waals surface area contributed by atoms with Crippen molar-refractivity contribution in [1.82, 2.24) is 5.32 Å². The van der Waals surface area contributed by atoms with Gasteiger partial charge in [-0.25, -0.2) is 0 Å². The van der Waals surface area contributed by atoms with E-state index in [-0.39, 0.29) is 0 Å². The van der Waals surface area contributed by atoms with Crippen LogP contribution in [0.5, 0.6) is 5.75 Å². The maximum Gasteiger partial charge on any atom is 0.125 e. The Balaban J connectivity index is 2.04. The van der Waals surface area contributed by atoms with Crippen LogP contribution in [0.3, 0.4) is 0 Å². The normalized spacial score (nSPS) is 15.8. The number of halogens is 2. The van der Waals surface area contributed by atoms with Gasteiger partial charge in [-0.3, -0.25) is 0 Å². The van der Waals surface area contributed by atoms with Gasteiger partial charge in [-0.2, -0.15) is 0 Å². The molecule has 0 amide bonds. The van der Waals surface area contributed by atoms with Crippen molar-refractivity contribution in [3.05, 3.63) is 39.9 Å². The summed E-state index contributed by atoms with van der Waals surface area (Å²) in [4.78, 5) is 0. The van der Waals surface area contributed by atoms with Crippen LogP contribution in [0, 0.1) is 0 Å². The number of nitrogens with one attached hydrogen (secondary N) is 1. The molecule has 1 saturated carbocycles. The Morgan fingerprint density at radius 1 is 1.50 bits per heavy atom. The van der Waals surface area contributed by atoms with E-state index in [0.717, 1.165) is 28.5 Å². The molecule has 0 aromatic heterocycles. The third-order valence-electron chi connectivity index (χ3n) is 2.86. The second-order valence-corrected chi connectivity index (χ2v) is 5.24. The molecule has 0 aliphatic heterocycles. The van der Waals surface area contributed by atoms with Crippen LogP contribution < -0.4 is 10.1 Å². The van der Waals surface area contributed by atoms with Gasteiger partial charge in [0.1, 0.15) is 12.4 Å². The highest BCUT2D eigenvalue weighted by Crippen LogP contribution is 2.28. The van der Waals surface area contributed by atoms with Crippen molar-refractivity contribution >= 4 is 23.2 Å². The van der Waals surface area contributed by atoms with Gasteiger partial charge in [0.2, 0.25) is 0 Å². The molecule has 1 aliphatic rings. The highest BCUT2D eigenvalue weighted by atomic mass is 35.5. The third-order valence-corrected chi connectivity index (χ3v) is 3.59. The van der Waals surface area contributed by atoms with Gasteiger partial charge in [-0.15, -0.1) is 0 Å². The second kappa shape index (κ2) is 6.46. The van der Waals surface area contributed by atoms with Gasteiger partial charge < -0.3 is 10.1 Å². The Morgan fingerprint density at radius 3 is 2.94 bits per heavy atom. The zero-order valence-electron chi connectivity index (χ0n) is 10.4. The molecule has 1 aliphatic carbocycles. The van der Waals surface area contributed by atoms with E-state index in [0.29, 0.717) is 12.6 Å². The first-order valence-corrected chi connectivity index (χ1v) is 6.91. The van der Waals surface area contributed by atoms with Crippen LogP contribution in [0.1, 0.15) is 25.3 Å². The molecule has 0 bridgehead atoms. The first kappa shape index (κ1) is 13.7. The van der Waals surface area contributed by atoms with Crippen LogP contribution >= 0.6 is 23.2 Å². The fraction of sp³-hybridized carbons (Fsp3) is 0.429. The monoisotopic (exact) mass is 285 g/mol. The summed E-state index contributed by atoms with van der Waals surface area (Å²) in [7, 11) is 0. The maximum atomic E-state index is 6.22. The van der Waals surface area contributed by atoms with E-state index in [1.54, 1.807) is 0 Å². The van der Waals surface area contributed by atoms with Crippen molar-refractivity contribution in [2.45, 2.75) is 32.4 Å². The minimum atomic E-state index is 0.486. The summed E-state index contributed by atoms with van der Waals surface area (Å²) >= 11 is 11.8. The summed E-state index contributed by atoms with van der Waals surface area (Å²) in [6, 6.07) is 6.39. The van der Waals surface area contributed by atoms with Crippen LogP contribution in [0.4, 0.5) is 0 Å². The Morgan fingerprint density at radius 2 is 2.28 bits per heavy atom. The lowest BCUT2D eigenvalue weighted by Gasteiger charge is -2.13. The van der Waals surface area contributed by atoms with Crippen LogP contribution in [-0.4, -0.2) is 12.6 Å². The van der Waals surface area contributed by atoms with Gasteiger partial charge in [0.25, 0.3) is 0 Å². The summed E-state index contributed by atoms with van der Waals surface area (Å²) in [5.74, 6) is 0.827. The predicted molar refractivity (Wildman–Crippen MR) is 76.4 cm³/mol. The standard InChI is InChI=1S/C14H17Cl2NO/c1-10(7-15)9-18-14-4-2-3-13(16)12(14)8-17-11-5-6-11/h2-4,7,11,17H,5-6,8-9H2,1H3/b10-7-. The highest BCUT2D eigenvalue weighted by molar-refractivity contribution is 6.31. The smallest absolute Gasteiger partial charge is 0.125 e. The number of hydrogen-bond donors (Lipinski definition) is 1. The molecule has 1 N–H and O–H groups in total. The minimum Gasteiger partial charge on any atom is -0.489 e. The topological polar surface area (TPSA) is 21.3 Å². The molecule has 0 heterocycles. The van der Waals surface area contributed by atoms with E-state index < -0.39 is 0 Å². The first-order valence-electron chi connectivity index (χ1n) is 6.10. The molecule has 4 heteroatoms. The van der Waals surface area contributed by atoms with E-state index in [4.69, 9.17) is 27.9 Å². The number of hydrogen-bond acceptors (Lipinski definition) is 2. The number of benzene rings is 1. The summed E-state index contributed by atoms with van der Waals surface area (Å²) in [6.45, 7) is 3.17. The fourth-order valence-corrected chi connectivity index (χ4v) is 1.90.